The minimum Gasteiger partial charge on any atom is -0.497 e. The van der Waals surface area contributed by atoms with Gasteiger partial charge in [0, 0.05) is 38.4 Å². The van der Waals surface area contributed by atoms with Crippen LogP contribution in [0, 0.1) is 5.82 Å². The van der Waals surface area contributed by atoms with Crippen LogP contribution in [0.5, 0.6) is 5.75 Å². The van der Waals surface area contributed by atoms with Crippen LogP contribution in [0.2, 0.25) is 0 Å². The van der Waals surface area contributed by atoms with E-state index < -0.39 is 15.9 Å². The number of hydrogen-bond donors (Lipinski definition) is 1. The first-order valence-corrected chi connectivity index (χ1v) is 12.7. The summed E-state index contributed by atoms with van der Waals surface area (Å²) in [6, 6.07) is 14.9. The summed E-state index contributed by atoms with van der Waals surface area (Å²) < 4.78 is 46.2. The lowest BCUT2D eigenvalue weighted by molar-refractivity contribution is 0.0952. The van der Waals surface area contributed by atoms with Crippen molar-refractivity contribution in [2.24, 2.45) is 0 Å². The van der Waals surface area contributed by atoms with E-state index in [0.717, 1.165) is 28.3 Å². The number of thiophene rings is 1. The molecule has 1 aromatic heterocycles. The largest absolute Gasteiger partial charge is 0.497 e. The number of rotatable bonds is 7. The summed E-state index contributed by atoms with van der Waals surface area (Å²) in [4.78, 5) is 15.0. The van der Waals surface area contributed by atoms with Gasteiger partial charge in [-0.25, -0.2) is 12.8 Å². The van der Waals surface area contributed by atoms with Crippen LogP contribution in [0.4, 0.5) is 10.1 Å². The van der Waals surface area contributed by atoms with Gasteiger partial charge in [-0.3, -0.25) is 4.79 Å². The third kappa shape index (κ3) is 5.18. The van der Waals surface area contributed by atoms with Gasteiger partial charge in [-0.2, -0.15) is 4.31 Å². The Bertz CT molecular complexity index is 1200. The second-order valence-corrected chi connectivity index (χ2v) is 10.3. The summed E-state index contributed by atoms with van der Waals surface area (Å²) in [5, 5.41) is 4.33. The molecular weight excluding hydrogens is 465 g/mol. The molecule has 2 heterocycles. The molecule has 1 amide bonds. The summed E-state index contributed by atoms with van der Waals surface area (Å²) in [7, 11) is -2.20. The Morgan fingerprint density at radius 2 is 1.70 bits per heavy atom. The van der Waals surface area contributed by atoms with Crippen molar-refractivity contribution in [2.75, 3.05) is 38.2 Å². The standard InChI is InChI=1S/C23H24FN3O4S2/c1-31-20-8-6-19(7-9-20)26-11-13-27(14-12-26)33(29,30)21-10-15-32-22(21)23(28)25-16-17-2-4-18(24)5-3-17/h2-10,15H,11-14,16H2,1H3,(H,25,28). The number of nitrogens with one attached hydrogen (secondary N) is 1. The van der Waals surface area contributed by atoms with E-state index in [9.17, 15) is 17.6 Å². The maximum Gasteiger partial charge on any atom is 0.263 e. The highest BCUT2D eigenvalue weighted by atomic mass is 32.2. The number of piperazine rings is 1. The number of carbonyl (C=O) groups excluding carboxylic acids is 1. The molecule has 1 aliphatic rings. The average molecular weight is 490 g/mol. The number of nitrogens with zero attached hydrogens (tertiary/aromatic N) is 2. The fourth-order valence-corrected chi connectivity index (χ4v) is 6.39. The van der Waals surface area contributed by atoms with Crippen LogP contribution >= 0.6 is 11.3 Å². The molecule has 4 rings (SSSR count). The lowest BCUT2D eigenvalue weighted by atomic mass is 10.2. The molecule has 2 aromatic carbocycles. The van der Waals surface area contributed by atoms with Gasteiger partial charge in [0.1, 0.15) is 21.3 Å². The van der Waals surface area contributed by atoms with Crippen LogP contribution in [0.25, 0.3) is 0 Å². The predicted octanol–water partition coefficient (Wildman–Crippen LogP) is 3.34. The Hall–Kier alpha value is -2.95. The summed E-state index contributed by atoms with van der Waals surface area (Å²) in [5.41, 5.74) is 1.73. The van der Waals surface area contributed by atoms with Gasteiger partial charge in [-0.15, -0.1) is 11.3 Å². The fraction of sp³-hybridized carbons (Fsp3) is 0.261. The number of halogens is 1. The molecule has 33 heavy (non-hydrogen) atoms. The van der Waals surface area contributed by atoms with Crippen molar-refractivity contribution in [3.05, 3.63) is 76.2 Å². The third-order valence-electron chi connectivity index (χ3n) is 5.50. The molecule has 3 aromatic rings. The molecule has 0 spiro atoms. The molecule has 0 aliphatic carbocycles. The maximum atomic E-state index is 13.3. The molecule has 1 N–H and O–H groups in total. The number of carbonyl (C=O) groups is 1. The van der Waals surface area contributed by atoms with Gasteiger partial charge < -0.3 is 15.0 Å². The van der Waals surface area contributed by atoms with Crippen LogP contribution in [-0.4, -0.2) is 51.9 Å². The van der Waals surface area contributed by atoms with E-state index in [0.29, 0.717) is 26.2 Å². The molecule has 0 saturated carbocycles. The van der Waals surface area contributed by atoms with Crippen LogP contribution < -0.4 is 15.0 Å². The molecule has 0 unspecified atom stereocenters. The molecule has 7 nitrogen and oxygen atoms in total. The summed E-state index contributed by atoms with van der Waals surface area (Å²) in [6.07, 6.45) is 0. The summed E-state index contributed by atoms with van der Waals surface area (Å²) in [5.74, 6) is -0.0591. The number of anilines is 1. The number of hydrogen-bond acceptors (Lipinski definition) is 6. The Labute approximate surface area is 196 Å². The molecule has 0 bridgehead atoms. The van der Waals surface area contributed by atoms with Gasteiger partial charge >= 0.3 is 0 Å². The second-order valence-electron chi connectivity index (χ2n) is 7.51. The van der Waals surface area contributed by atoms with E-state index in [2.05, 4.69) is 10.2 Å². The van der Waals surface area contributed by atoms with E-state index in [1.165, 1.54) is 22.5 Å². The van der Waals surface area contributed by atoms with Crippen molar-refractivity contribution in [3.8, 4) is 5.75 Å². The Morgan fingerprint density at radius 1 is 1.03 bits per heavy atom. The van der Waals surface area contributed by atoms with Gasteiger partial charge in [-0.1, -0.05) is 12.1 Å². The zero-order valence-corrected chi connectivity index (χ0v) is 19.7. The molecule has 10 heteroatoms. The van der Waals surface area contributed by atoms with Crippen LogP contribution in [0.3, 0.4) is 0 Å². The topological polar surface area (TPSA) is 79.0 Å². The molecule has 174 valence electrons. The van der Waals surface area contributed by atoms with Gasteiger partial charge in [0.15, 0.2) is 0 Å². The SMILES string of the molecule is COc1ccc(N2CCN(S(=O)(=O)c3ccsc3C(=O)NCc3ccc(F)cc3)CC2)cc1. The van der Waals surface area contributed by atoms with Crippen LogP contribution in [0.1, 0.15) is 15.2 Å². The van der Waals surface area contributed by atoms with E-state index in [-0.39, 0.29) is 22.1 Å². The lowest BCUT2D eigenvalue weighted by Gasteiger charge is -2.35. The fourth-order valence-electron chi connectivity index (χ4n) is 3.65. The van der Waals surface area contributed by atoms with E-state index in [1.54, 1.807) is 24.6 Å². The highest BCUT2D eigenvalue weighted by Crippen LogP contribution is 2.27. The molecule has 0 atom stereocenters. The first-order valence-electron chi connectivity index (χ1n) is 10.4. The average Bonchev–Trinajstić information content (AvgIpc) is 3.35. The minimum absolute atomic E-state index is 0.0157. The van der Waals surface area contributed by atoms with Gasteiger partial charge in [-0.05, 0) is 53.4 Å². The summed E-state index contributed by atoms with van der Waals surface area (Å²) in [6.45, 7) is 1.91. The first kappa shape index (κ1) is 23.2. The van der Waals surface area contributed by atoms with Crippen LogP contribution in [-0.2, 0) is 16.6 Å². The van der Waals surface area contributed by atoms with Crippen molar-refractivity contribution >= 4 is 33.0 Å². The molecule has 1 fully saturated rings. The van der Waals surface area contributed by atoms with Crippen LogP contribution in [0.15, 0.2) is 64.9 Å². The molecule has 0 radical (unpaired) electrons. The highest BCUT2D eigenvalue weighted by molar-refractivity contribution is 7.89. The molecule has 1 saturated heterocycles. The van der Waals surface area contributed by atoms with Crippen molar-refractivity contribution < 1.29 is 22.3 Å². The quantitative estimate of drug-likeness (QED) is 0.551. The number of ether oxygens (including phenoxy) is 1. The van der Waals surface area contributed by atoms with Gasteiger partial charge in [0.05, 0.1) is 7.11 Å². The highest BCUT2D eigenvalue weighted by Gasteiger charge is 2.32. The molecular formula is C23H24FN3O4S2. The normalized spacial score (nSPS) is 14.8. The number of benzene rings is 2. The Morgan fingerprint density at radius 3 is 2.33 bits per heavy atom. The monoisotopic (exact) mass is 489 g/mol. The minimum atomic E-state index is -3.81. The number of sulfonamides is 1. The van der Waals surface area contributed by atoms with Crippen molar-refractivity contribution in [1.29, 1.82) is 0 Å². The Balaban J connectivity index is 1.41. The number of amides is 1. The molecule has 1 aliphatic heterocycles. The maximum absolute atomic E-state index is 13.3. The third-order valence-corrected chi connectivity index (χ3v) is 8.48. The van der Waals surface area contributed by atoms with Crippen molar-refractivity contribution in [3.63, 3.8) is 0 Å². The van der Waals surface area contributed by atoms with Crippen molar-refractivity contribution in [1.82, 2.24) is 9.62 Å². The predicted molar refractivity (Wildman–Crippen MR) is 126 cm³/mol. The van der Waals surface area contributed by atoms with Gasteiger partial charge in [0.2, 0.25) is 10.0 Å². The van der Waals surface area contributed by atoms with E-state index >= 15 is 0 Å². The van der Waals surface area contributed by atoms with E-state index in [1.807, 2.05) is 24.3 Å². The zero-order valence-electron chi connectivity index (χ0n) is 18.0. The first-order chi connectivity index (χ1) is 15.9. The zero-order chi connectivity index (χ0) is 23.4. The lowest BCUT2D eigenvalue weighted by Crippen LogP contribution is -2.48. The number of methoxy groups -OCH3 is 1. The van der Waals surface area contributed by atoms with E-state index in [4.69, 9.17) is 4.74 Å². The van der Waals surface area contributed by atoms with Crippen molar-refractivity contribution in [2.45, 2.75) is 11.4 Å². The second kappa shape index (κ2) is 9.90. The smallest absolute Gasteiger partial charge is 0.263 e. The van der Waals surface area contributed by atoms with Gasteiger partial charge in [0.25, 0.3) is 5.91 Å². The summed E-state index contributed by atoms with van der Waals surface area (Å²) >= 11 is 1.09. The Kier molecular flexibility index (Phi) is 6.96.